The Balaban J connectivity index is 1.57. The predicted octanol–water partition coefficient (Wildman–Crippen LogP) is 8.46. The number of nitrogens with one attached hydrogen (secondary N) is 3. The van der Waals surface area contributed by atoms with Crippen LogP contribution < -0.4 is 10.6 Å². The number of benzene rings is 2. The number of anilines is 1. The fourth-order valence-electron chi connectivity index (χ4n) is 11.5. The third kappa shape index (κ3) is 16.6. The standard InChI is InChI=1S/C63H78N6O14/c1-36(2)60(74)80-25-23-68(24-26-81-61(75)37(3)4)44(11)58(72)66-56-52(62(76)82-54-40(7)27-38(5)28-41(54)8)50(46-19-15-13-16-20-46)48(64-56)31-49-51(47-21-17-14-18-22-47)53(63(77)83-55-42(9)29-39(6)30-43(55)10)57(65-49)67-59(73)45(12)69(32-78-34-70)33-79-35-71/h13-22,31,34,38-45,54-55H,1,3,23-30,32-33H2,2,4-12H3,(H2-,64,65,66,67,72,73,76,77)/p+1. The van der Waals surface area contributed by atoms with Crippen LogP contribution in [-0.2, 0) is 61.7 Å². The number of carbonyl (C=O) groups is 7. The Morgan fingerprint density at radius 3 is 1.70 bits per heavy atom. The van der Waals surface area contributed by atoms with Gasteiger partial charge in [-0.1, -0.05) is 115 Å². The van der Waals surface area contributed by atoms with E-state index in [0.717, 1.165) is 25.7 Å². The molecule has 6 unspecified atom stereocenters. The van der Waals surface area contributed by atoms with Crippen LogP contribution in [0.1, 0.15) is 117 Å². The molecule has 20 nitrogen and oxygen atoms in total. The first-order valence-corrected chi connectivity index (χ1v) is 28.2. The van der Waals surface area contributed by atoms with Gasteiger partial charge in [0.05, 0.1) is 23.5 Å². The summed E-state index contributed by atoms with van der Waals surface area (Å²) in [5.41, 5.74) is 2.24. The van der Waals surface area contributed by atoms with Crippen LogP contribution in [0.2, 0.25) is 0 Å². The van der Waals surface area contributed by atoms with E-state index >= 15 is 9.59 Å². The van der Waals surface area contributed by atoms with Crippen LogP contribution in [0.25, 0.3) is 22.8 Å². The summed E-state index contributed by atoms with van der Waals surface area (Å²) in [5, 5.41) is 5.81. The number of esters is 4. The largest absolute Gasteiger partial charge is 0.664 e. The van der Waals surface area contributed by atoms with Gasteiger partial charge in [0.1, 0.15) is 59.7 Å². The highest BCUT2D eigenvalue weighted by Gasteiger charge is 2.41. The zero-order valence-electron chi connectivity index (χ0n) is 49.2. The van der Waals surface area contributed by atoms with Crippen molar-refractivity contribution in [1.82, 2.24) is 20.1 Å². The van der Waals surface area contributed by atoms with Crippen molar-refractivity contribution in [3.63, 3.8) is 0 Å². The number of amides is 2. The first-order valence-electron chi connectivity index (χ1n) is 28.2. The lowest BCUT2D eigenvalue weighted by Crippen LogP contribution is -2.50. The molecule has 0 radical (unpaired) electrons. The highest BCUT2D eigenvalue weighted by atomic mass is 16.6. The summed E-state index contributed by atoms with van der Waals surface area (Å²) in [6, 6.07) is 15.8. The van der Waals surface area contributed by atoms with Gasteiger partial charge in [0, 0.05) is 35.4 Å². The first-order chi connectivity index (χ1) is 39.5. The van der Waals surface area contributed by atoms with Gasteiger partial charge in [0.15, 0.2) is 0 Å². The van der Waals surface area contributed by atoms with Crippen LogP contribution in [0, 0.1) is 35.5 Å². The van der Waals surface area contributed by atoms with E-state index in [4.69, 9.17) is 33.1 Å². The van der Waals surface area contributed by atoms with Crippen LogP contribution in [0.5, 0.6) is 0 Å². The summed E-state index contributed by atoms with van der Waals surface area (Å²) in [7, 11) is 0. The molecule has 6 atom stereocenters. The second-order valence-corrected chi connectivity index (χ2v) is 22.5. The second-order valence-electron chi connectivity index (χ2n) is 22.5. The molecule has 2 amide bonds. The van der Waals surface area contributed by atoms with Crippen molar-refractivity contribution in [3.8, 4) is 11.1 Å². The van der Waals surface area contributed by atoms with Crippen molar-refractivity contribution in [2.45, 2.75) is 119 Å². The number of aromatic amines is 1. The molecule has 20 heteroatoms. The van der Waals surface area contributed by atoms with Crippen molar-refractivity contribution in [2.75, 3.05) is 45.1 Å². The molecule has 0 bridgehead atoms. The van der Waals surface area contributed by atoms with Crippen molar-refractivity contribution >= 4 is 71.6 Å². The summed E-state index contributed by atoms with van der Waals surface area (Å²) >= 11 is 0. The number of ether oxygens (including phenoxy) is 5. The molecule has 1 aromatic heterocycles. The zero-order valence-corrected chi connectivity index (χ0v) is 49.2. The SMILES string of the molecule is C=C(C)C(=O)OCCN(CCOC(=O)C(=C)C)C(C)C(=O)NC1=NC(=Cc2[nH]c(NC(=O)C(C)N(COC=O)C[O+]=C=O)c(C(=O)OC3C(C)CC(C)CC3C)c2-c2ccccc2)C(c2ccccc2)=C1C(=O)OC1C(C)CC(C)CC1C. The molecule has 83 heavy (non-hydrogen) atoms. The van der Waals surface area contributed by atoms with Gasteiger partial charge < -0.3 is 39.3 Å². The molecule has 1 aliphatic heterocycles. The molecule has 0 saturated heterocycles. The summed E-state index contributed by atoms with van der Waals surface area (Å²) in [5.74, 6) is -3.57. The molecule has 2 aromatic carbocycles. The van der Waals surface area contributed by atoms with E-state index in [-0.39, 0.29) is 107 Å². The molecule has 3 aliphatic rings. The van der Waals surface area contributed by atoms with Crippen molar-refractivity contribution in [2.24, 2.45) is 40.5 Å². The van der Waals surface area contributed by atoms with Gasteiger partial charge >= 0.3 is 30.0 Å². The molecule has 444 valence electrons. The van der Waals surface area contributed by atoms with Gasteiger partial charge in [0.2, 0.25) is 11.8 Å². The van der Waals surface area contributed by atoms with E-state index in [1.807, 2.05) is 39.8 Å². The van der Waals surface area contributed by atoms with Crippen LogP contribution in [0.15, 0.2) is 101 Å². The van der Waals surface area contributed by atoms with E-state index in [9.17, 15) is 28.8 Å². The van der Waals surface area contributed by atoms with Crippen LogP contribution in [0.4, 0.5) is 5.82 Å². The van der Waals surface area contributed by atoms with E-state index in [2.05, 4.69) is 42.6 Å². The van der Waals surface area contributed by atoms with Gasteiger partial charge in [-0.2, -0.15) is 0 Å². The number of aliphatic imine (C=N–C) groups is 1. The summed E-state index contributed by atoms with van der Waals surface area (Å²) in [6.45, 7) is 24.9. The molecule has 3 N–H and O–H groups in total. The van der Waals surface area contributed by atoms with E-state index in [1.54, 1.807) is 66.4 Å². The monoisotopic (exact) mass is 1140 g/mol. The zero-order chi connectivity index (χ0) is 60.7. The minimum absolute atomic E-state index is 0.00780. The van der Waals surface area contributed by atoms with Crippen molar-refractivity contribution in [3.05, 3.63) is 113 Å². The summed E-state index contributed by atoms with van der Waals surface area (Å²) in [6.07, 6.45) is 5.21. The maximum absolute atomic E-state index is 15.3. The maximum Gasteiger partial charge on any atom is 0.664 e. The highest BCUT2D eigenvalue weighted by Crippen LogP contribution is 2.43. The topological polar surface area (TPSA) is 253 Å². The van der Waals surface area contributed by atoms with Crippen LogP contribution in [-0.4, -0.2) is 133 Å². The quantitative estimate of drug-likeness (QED) is 0.0180. The minimum Gasteiger partial charge on any atom is -0.461 e. The molecule has 3 aromatic rings. The third-order valence-corrected chi connectivity index (χ3v) is 15.5. The number of amidine groups is 1. The van der Waals surface area contributed by atoms with Gasteiger partial charge in [0.25, 0.3) is 13.2 Å². The van der Waals surface area contributed by atoms with Crippen LogP contribution in [0.3, 0.4) is 0 Å². The number of hydrogen-bond donors (Lipinski definition) is 3. The van der Waals surface area contributed by atoms with Crippen molar-refractivity contribution in [1.29, 1.82) is 0 Å². The average molecular weight is 1140 g/mol. The number of hydrogen-bond acceptors (Lipinski definition) is 16. The third-order valence-electron chi connectivity index (χ3n) is 15.5. The Morgan fingerprint density at radius 1 is 0.723 bits per heavy atom. The molecular weight excluding hydrogens is 1060 g/mol. The Kier molecular flexibility index (Phi) is 23.0. The molecule has 6 rings (SSSR count). The Labute approximate surface area is 485 Å². The fraction of sp³-hybridized carbons (Fsp3) is 0.476. The van der Waals surface area contributed by atoms with Gasteiger partial charge in [-0.15, -0.1) is 0 Å². The second kappa shape index (κ2) is 29.8. The first kappa shape index (κ1) is 64.1. The number of rotatable bonds is 25. The average Bonchev–Trinajstić information content (AvgIpc) is 2.36. The molecule has 2 saturated carbocycles. The number of H-pyrrole nitrogens is 1. The fourth-order valence-corrected chi connectivity index (χ4v) is 11.5. The Hall–Kier alpha value is -8.06. The molecule has 0 spiro atoms. The molecule has 2 fully saturated rings. The lowest BCUT2D eigenvalue weighted by molar-refractivity contribution is -0.494. The number of nitrogens with zero attached hydrogens (tertiary/aromatic N) is 3. The number of carbonyl (C=O) groups excluding carboxylic acids is 9. The number of aromatic nitrogens is 1. The molecule has 2 heterocycles. The molecular formula is C63H79N6O14+. The Morgan fingerprint density at radius 2 is 1.20 bits per heavy atom. The van der Waals surface area contributed by atoms with E-state index in [0.29, 0.717) is 28.5 Å². The van der Waals surface area contributed by atoms with Gasteiger partial charge in [-0.3, -0.25) is 23.7 Å². The van der Waals surface area contributed by atoms with Gasteiger partial charge in [-0.05, 0) is 106 Å². The summed E-state index contributed by atoms with van der Waals surface area (Å²) < 4.78 is 33.6. The minimum atomic E-state index is -1.14. The van der Waals surface area contributed by atoms with Crippen LogP contribution >= 0.6 is 0 Å². The normalized spacial score (nSPS) is 22.6. The maximum atomic E-state index is 15.3. The van der Waals surface area contributed by atoms with Crippen molar-refractivity contribution < 1.29 is 66.5 Å². The molecule has 2 aliphatic carbocycles. The Bertz CT molecular complexity index is 2980. The lowest BCUT2D eigenvalue weighted by Gasteiger charge is -2.37. The highest BCUT2D eigenvalue weighted by molar-refractivity contribution is 6.31. The number of allylic oxidation sites excluding steroid dienone is 1. The summed E-state index contributed by atoms with van der Waals surface area (Å²) in [4.78, 5) is 118. The van der Waals surface area contributed by atoms with E-state index in [1.165, 1.54) is 31.8 Å². The predicted molar refractivity (Wildman–Crippen MR) is 310 cm³/mol. The van der Waals surface area contributed by atoms with Gasteiger partial charge in [-0.25, -0.2) is 29.1 Å². The lowest BCUT2D eigenvalue weighted by atomic mass is 9.75. The smallest absolute Gasteiger partial charge is 0.461 e. The van der Waals surface area contributed by atoms with E-state index < -0.39 is 73.4 Å².